The number of nitrogens with zero attached hydrogens (tertiary/aromatic N) is 2. The molecule has 0 saturated heterocycles. The van der Waals surface area contributed by atoms with Crippen LogP contribution >= 0.6 is 11.6 Å². The van der Waals surface area contributed by atoms with Crippen LogP contribution in [0.1, 0.15) is 17.8 Å². The Morgan fingerprint density at radius 1 is 1.25 bits per heavy atom. The van der Waals surface area contributed by atoms with Crippen LogP contribution in [-0.4, -0.2) is 24.3 Å². The van der Waals surface area contributed by atoms with Crippen molar-refractivity contribution in [3.63, 3.8) is 0 Å². The van der Waals surface area contributed by atoms with Crippen LogP contribution in [0.5, 0.6) is 0 Å². The second-order valence-electron chi connectivity index (χ2n) is 5.58. The molecule has 1 aromatic carbocycles. The molecule has 0 spiro atoms. The first-order valence-electron chi connectivity index (χ1n) is 7.64. The van der Waals surface area contributed by atoms with E-state index in [2.05, 4.69) is 9.71 Å². The second-order valence-corrected chi connectivity index (χ2v) is 7.76. The summed E-state index contributed by atoms with van der Waals surface area (Å²) in [5.41, 5.74) is 1.88. The van der Waals surface area contributed by atoms with Crippen LogP contribution in [0, 0.1) is 6.92 Å². The van der Waals surface area contributed by atoms with Crippen LogP contribution in [-0.2, 0) is 16.4 Å². The number of rotatable bonds is 6. The molecule has 0 saturated carbocycles. The lowest BCUT2D eigenvalue weighted by Crippen LogP contribution is -2.25. The highest BCUT2D eigenvalue weighted by atomic mass is 35.5. The monoisotopic (exact) mass is 363 g/mol. The van der Waals surface area contributed by atoms with Gasteiger partial charge in [-0.3, -0.25) is 0 Å². The molecule has 0 atom stereocenters. The third-order valence-corrected chi connectivity index (χ3v) is 5.70. The van der Waals surface area contributed by atoms with E-state index in [1.54, 1.807) is 12.1 Å². The smallest absolute Gasteiger partial charge is 0.240 e. The van der Waals surface area contributed by atoms with E-state index in [4.69, 9.17) is 11.6 Å². The number of hydrogen-bond acceptors (Lipinski definition) is 3. The van der Waals surface area contributed by atoms with Crippen molar-refractivity contribution in [1.29, 1.82) is 0 Å². The number of fused-ring (bicyclic) bond motifs is 1. The molecule has 0 unspecified atom stereocenters. The maximum absolute atomic E-state index is 12.3. The van der Waals surface area contributed by atoms with Gasteiger partial charge in [-0.05, 0) is 43.2 Å². The number of pyridine rings is 1. The molecule has 3 rings (SSSR count). The van der Waals surface area contributed by atoms with Crippen molar-refractivity contribution in [1.82, 2.24) is 14.1 Å². The van der Waals surface area contributed by atoms with E-state index in [1.165, 1.54) is 6.07 Å². The molecule has 0 aliphatic rings. The summed E-state index contributed by atoms with van der Waals surface area (Å²) >= 11 is 6.00. The van der Waals surface area contributed by atoms with Crippen molar-refractivity contribution in [2.75, 3.05) is 6.54 Å². The summed E-state index contributed by atoms with van der Waals surface area (Å²) in [6.07, 6.45) is 5.12. The second kappa shape index (κ2) is 6.93. The van der Waals surface area contributed by atoms with Gasteiger partial charge in [0.2, 0.25) is 10.0 Å². The lowest BCUT2D eigenvalue weighted by Gasteiger charge is -2.08. The van der Waals surface area contributed by atoms with Gasteiger partial charge in [-0.1, -0.05) is 23.7 Å². The maximum Gasteiger partial charge on any atom is 0.240 e. The fraction of sp³-hybridized carbons (Fsp3) is 0.235. The van der Waals surface area contributed by atoms with Crippen molar-refractivity contribution < 1.29 is 8.42 Å². The van der Waals surface area contributed by atoms with Crippen LogP contribution in [0.2, 0.25) is 5.02 Å². The van der Waals surface area contributed by atoms with Gasteiger partial charge in [0.05, 0.1) is 16.6 Å². The zero-order valence-corrected chi connectivity index (χ0v) is 14.8. The Bertz CT molecular complexity index is 967. The number of nitrogens with one attached hydrogen (secondary N) is 1. The summed E-state index contributed by atoms with van der Waals surface area (Å²) in [6.45, 7) is 2.18. The predicted molar refractivity (Wildman–Crippen MR) is 94.9 cm³/mol. The Morgan fingerprint density at radius 3 is 2.88 bits per heavy atom. The Kier molecular flexibility index (Phi) is 4.89. The van der Waals surface area contributed by atoms with E-state index >= 15 is 0 Å². The van der Waals surface area contributed by atoms with E-state index in [-0.39, 0.29) is 4.90 Å². The Labute approximate surface area is 146 Å². The van der Waals surface area contributed by atoms with Gasteiger partial charge >= 0.3 is 0 Å². The molecular weight excluding hydrogens is 346 g/mol. The molecule has 0 bridgehead atoms. The first-order valence-corrected chi connectivity index (χ1v) is 9.50. The van der Waals surface area contributed by atoms with E-state index in [0.29, 0.717) is 24.4 Å². The standard InChI is InChI=1S/C17H18ClN3O2S/c1-13-7-8-15(11-16(13)18)24(22,23)20-9-4-6-17-19-12-14-5-2-3-10-21(14)17/h2-3,5,7-8,10-12,20H,4,6,9H2,1H3. The van der Waals surface area contributed by atoms with Crippen LogP contribution in [0.15, 0.2) is 53.7 Å². The molecule has 24 heavy (non-hydrogen) atoms. The number of benzene rings is 1. The quantitative estimate of drug-likeness (QED) is 0.684. The molecular formula is C17H18ClN3O2S. The molecule has 5 nitrogen and oxygen atoms in total. The molecule has 0 amide bonds. The van der Waals surface area contributed by atoms with Crippen LogP contribution in [0.4, 0.5) is 0 Å². The number of aromatic nitrogens is 2. The van der Waals surface area contributed by atoms with Crippen molar-refractivity contribution >= 4 is 27.1 Å². The van der Waals surface area contributed by atoms with E-state index < -0.39 is 10.0 Å². The van der Waals surface area contributed by atoms with Gasteiger partial charge in [0.1, 0.15) is 5.82 Å². The molecule has 126 valence electrons. The lowest BCUT2D eigenvalue weighted by molar-refractivity contribution is 0.578. The predicted octanol–water partition coefficient (Wildman–Crippen LogP) is 3.21. The largest absolute Gasteiger partial charge is 0.304 e. The summed E-state index contributed by atoms with van der Waals surface area (Å²) in [5.74, 6) is 0.920. The molecule has 2 heterocycles. The van der Waals surface area contributed by atoms with Gasteiger partial charge in [-0.25, -0.2) is 18.1 Å². The average Bonchev–Trinajstić information content (AvgIpc) is 2.97. The maximum atomic E-state index is 12.3. The minimum atomic E-state index is -3.54. The van der Waals surface area contributed by atoms with Gasteiger partial charge < -0.3 is 4.40 Å². The molecule has 1 N–H and O–H groups in total. The summed E-state index contributed by atoms with van der Waals surface area (Å²) in [6, 6.07) is 10.6. The third kappa shape index (κ3) is 3.61. The Hall–Kier alpha value is -1.89. The van der Waals surface area contributed by atoms with Crippen molar-refractivity contribution in [2.24, 2.45) is 0 Å². The first-order chi connectivity index (χ1) is 11.5. The fourth-order valence-corrected chi connectivity index (χ4v) is 3.81. The minimum Gasteiger partial charge on any atom is -0.304 e. The number of sulfonamides is 1. The Balaban J connectivity index is 1.60. The molecule has 3 aromatic rings. The van der Waals surface area contributed by atoms with Crippen molar-refractivity contribution in [3.8, 4) is 0 Å². The normalized spacial score (nSPS) is 11.9. The van der Waals surface area contributed by atoms with E-state index in [9.17, 15) is 8.42 Å². The van der Waals surface area contributed by atoms with Gasteiger partial charge in [-0.2, -0.15) is 0 Å². The molecule has 7 heteroatoms. The number of halogens is 1. The molecule has 0 radical (unpaired) electrons. The van der Waals surface area contributed by atoms with E-state index in [0.717, 1.165) is 16.9 Å². The highest BCUT2D eigenvalue weighted by molar-refractivity contribution is 7.89. The van der Waals surface area contributed by atoms with Crippen LogP contribution in [0.25, 0.3) is 5.52 Å². The summed E-state index contributed by atoms with van der Waals surface area (Å²) in [4.78, 5) is 4.56. The van der Waals surface area contributed by atoms with E-state index in [1.807, 2.05) is 41.9 Å². The fourth-order valence-electron chi connectivity index (χ4n) is 2.46. The average molecular weight is 364 g/mol. The van der Waals surface area contributed by atoms with Crippen LogP contribution in [0.3, 0.4) is 0 Å². The molecule has 0 fully saturated rings. The van der Waals surface area contributed by atoms with Gasteiger partial charge in [0.25, 0.3) is 0 Å². The topological polar surface area (TPSA) is 63.5 Å². The lowest BCUT2D eigenvalue weighted by atomic mass is 10.2. The van der Waals surface area contributed by atoms with Crippen molar-refractivity contribution in [3.05, 3.63) is 65.2 Å². The van der Waals surface area contributed by atoms with Gasteiger partial charge in [0, 0.05) is 24.2 Å². The Morgan fingerprint density at radius 2 is 2.08 bits per heavy atom. The number of imidazole rings is 1. The molecule has 0 aliphatic carbocycles. The highest BCUT2D eigenvalue weighted by Crippen LogP contribution is 2.19. The first kappa shape index (κ1) is 17.0. The molecule has 2 aromatic heterocycles. The summed E-state index contributed by atoms with van der Waals surface area (Å²) < 4.78 is 29.2. The van der Waals surface area contributed by atoms with Gasteiger partial charge in [0.15, 0.2) is 0 Å². The molecule has 0 aliphatic heterocycles. The summed E-state index contributed by atoms with van der Waals surface area (Å²) in [5, 5.41) is 0.446. The summed E-state index contributed by atoms with van der Waals surface area (Å²) in [7, 11) is -3.54. The zero-order chi connectivity index (χ0) is 17.2. The number of hydrogen-bond donors (Lipinski definition) is 1. The van der Waals surface area contributed by atoms with Gasteiger partial charge in [-0.15, -0.1) is 0 Å². The minimum absolute atomic E-state index is 0.185. The number of aryl methyl sites for hydroxylation is 2. The van der Waals surface area contributed by atoms with Crippen LogP contribution < -0.4 is 4.72 Å². The van der Waals surface area contributed by atoms with Crippen molar-refractivity contribution in [2.45, 2.75) is 24.7 Å². The zero-order valence-electron chi connectivity index (χ0n) is 13.2. The SMILES string of the molecule is Cc1ccc(S(=O)(=O)NCCCc2ncc3ccccn23)cc1Cl. The third-order valence-electron chi connectivity index (χ3n) is 3.84. The highest BCUT2D eigenvalue weighted by Gasteiger charge is 2.14.